The Morgan fingerprint density at radius 1 is 1.44 bits per heavy atom. The van der Waals surface area contributed by atoms with Gasteiger partial charge in [0, 0.05) is 18.5 Å². The predicted molar refractivity (Wildman–Crippen MR) is 72.4 cm³/mol. The molecule has 1 aromatic rings. The largest absolute Gasteiger partial charge is 0.315 e. The molecule has 0 radical (unpaired) electrons. The molecule has 0 saturated carbocycles. The van der Waals surface area contributed by atoms with Crippen molar-refractivity contribution >= 4 is 9.84 Å². The van der Waals surface area contributed by atoms with Crippen molar-refractivity contribution in [2.24, 2.45) is 0 Å². The van der Waals surface area contributed by atoms with Gasteiger partial charge in [0.2, 0.25) is 0 Å². The quantitative estimate of drug-likeness (QED) is 0.820. The minimum absolute atomic E-state index is 0.186. The number of likely N-dealkylation sites (N-methyl/N-ethyl adjacent to an activating group) is 1. The minimum atomic E-state index is -3.17. The molecule has 18 heavy (non-hydrogen) atoms. The second-order valence-electron chi connectivity index (χ2n) is 4.59. The Labute approximate surface area is 109 Å². The van der Waals surface area contributed by atoms with Crippen molar-refractivity contribution in [2.45, 2.75) is 50.1 Å². The van der Waals surface area contributed by atoms with Gasteiger partial charge in [0.1, 0.15) is 4.90 Å². The molecular weight excluding hydrogens is 250 g/mol. The zero-order valence-electron chi connectivity index (χ0n) is 11.5. The number of sulfone groups is 1. The molecule has 0 saturated heterocycles. The van der Waals surface area contributed by atoms with Crippen molar-refractivity contribution in [1.82, 2.24) is 15.1 Å². The van der Waals surface area contributed by atoms with Crippen molar-refractivity contribution in [1.29, 1.82) is 0 Å². The summed E-state index contributed by atoms with van der Waals surface area (Å²) in [4.78, 5) is 0.285. The standard InChI is InChI=1S/C12H23N3O2S/c1-5-7-11(13-3)12(6-2)15-9-10(8-14-15)18(4,16)17/h8-9,11-13H,5-7H2,1-4H3. The molecule has 104 valence electrons. The Kier molecular flexibility index (Phi) is 5.34. The maximum Gasteiger partial charge on any atom is 0.178 e. The van der Waals surface area contributed by atoms with Gasteiger partial charge in [0.05, 0.1) is 12.2 Å². The molecule has 2 atom stereocenters. The predicted octanol–water partition coefficient (Wildman–Crippen LogP) is 1.63. The number of hydrogen-bond acceptors (Lipinski definition) is 4. The molecule has 0 bridgehead atoms. The van der Waals surface area contributed by atoms with Crippen LogP contribution in [0.5, 0.6) is 0 Å². The van der Waals surface area contributed by atoms with Gasteiger partial charge in [0.15, 0.2) is 9.84 Å². The summed E-state index contributed by atoms with van der Waals surface area (Å²) >= 11 is 0. The summed E-state index contributed by atoms with van der Waals surface area (Å²) in [5.74, 6) is 0. The molecule has 2 unspecified atom stereocenters. The van der Waals surface area contributed by atoms with Crippen LogP contribution in [0.1, 0.15) is 39.2 Å². The summed E-state index contributed by atoms with van der Waals surface area (Å²) in [6, 6.07) is 0.498. The van der Waals surface area contributed by atoms with Gasteiger partial charge in [-0.3, -0.25) is 4.68 Å². The number of aromatic nitrogens is 2. The van der Waals surface area contributed by atoms with Crippen LogP contribution in [-0.4, -0.2) is 37.5 Å². The summed E-state index contributed by atoms with van der Waals surface area (Å²) in [5, 5.41) is 7.49. The van der Waals surface area contributed by atoms with Crippen LogP contribution in [0.3, 0.4) is 0 Å². The zero-order valence-corrected chi connectivity index (χ0v) is 12.4. The van der Waals surface area contributed by atoms with E-state index in [2.05, 4.69) is 24.3 Å². The van der Waals surface area contributed by atoms with Crippen LogP contribution in [0.25, 0.3) is 0 Å². The first kappa shape index (κ1) is 15.2. The molecule has 0 fully saturated rings. The van der Waals surface area contributed by atoms with Crippen LogP contribution in [0.15, 0.2) is 17.3 Å². The van der Waals surface area contributed by atoms with Crippen molar-refractivity contribution < 1.29 is 8.42 Å². The summed E-state index contributed by atoms with van der Waals surface area (Å²) < 4.78 is 24.7. The van der Waals surface area contributed by atoms with Crippen LogP contribution in [0.2, 0.25) is 0 Å². The molecule has 6 heteroatoms. The SMILES string of the molecule is CCCC(NC)C(CC)n1cc(S(C)(=O)=O)cn1. The van der Waals surface area contributed by atoms with Crippen molar-refractivity contribution in [3.8, 4) is 0 Å². The van der Waals surface area contributed by atoms with Crippen LogP contribution in [0.4, 0.5) is 0 Å². The van der Waals surface area contributed by atoms with Crippen molar-refractivity contribution in [3.63, 3.8) is 0 Å². The fraction of sp³-hybridized carbons (Fsp3) is 0.750. The van der Waals surface area contributed by atoms with E-state index in [9.17, 15) is 8.42 Å². The van der Waals surface area contributed by atoms with Crippen LogP contribution < -0.4 is 5.32 Å². The van der Waals surface area contributed by atoms with Gasteiger partial charge < -0.3 is 5.32 Å². The molecular formula is C12H23N3O2S. The number of hydrogen-bond donors (Lipinski definition) is 1. The molecule has 0 aliphatic carbocycles. The van der Waals surface area contributed by atoms with Crippen LogP contribution >= 0.6 is 0 Å². The third-order valence-electron chi connectivity index (χ3n) is 3.20. The van der Waals surface area contributed by atoms with Gasteiger partial charge in [-0.05, 0) is 19.9 Å². The molecule has 0 aromatic carbocycles. The molecule has 0 spiro atoms. The van der Waals surface area contributed by atoms with E-state index >= 15 is 0 Å². The third-order valence-corrected chi connectivity index (χ3v) is 4.27. The van der Waals surface area contributed by atoms with E-state index in [0.717, 1.165) is 19.3 Å². The third kappa shape index (κ3) is 3.55. The highest BCUT2D eigenvalue weighted by molar-refractivity contribution is 7.90. The fourth-order valence-electron chi connectivity index (χ4n) is 2.19. The second kappa shape index (κ2) is 6.33. The minimum Gasteiger partial charge on any atom is -0.315 e. The lowest BCUT2D eigenvalue weighted by Crippen LogP contribution is -2.35. The Hall–Kier alpha value is -0.880. The Morgan fingerprint density at radius 2 is 2.11 bits per heavy atom. The van der Waals surface area contributed by atoms with Crippen molar-refractivity contribution in [3.05, 3.63) is 12.4 Å². The molecule has 1 rings (SSSR count). The summed E-state index contributed by atoms with van der Waals surface area (Å²) in [5.41, 5.74) is 0. The normalized spacial score (nSPS) is 15.6. The average Bonchev–Trinajstić information content (AvgIpc) is 2.78. The van der Waals surface area contributed by atoms with E-state index in [1.165, 1.54) is 12.5 Å². The fourth-order valence-corrected chi connectivity index (χ4v) is 2.73. The number of rotatable bonds is 7. The van der Waals surface area contributed by atoms with Crippen molar-refractivity contribution in [2.75, 3.05) is 13.3 Å². The highest BCUT2D eigenvalue weighted by Gasteiger charge is 2.21. The highest BCUT2D eigenvalue weighted by Crippen LogP contribution is 2.20. The van der Waals surface area contributed by atoms with Gasteiger partial charge in [-0.2, -0.15) is 5.10 Å². The number of nitrogens with zero attached hydrogens (tertiary/aromatic N) is 2. The summed E-state index contributed by atoms with van der Waals surface area (Å²) in [6.07, 6.45) is 7.30. The van der Waals surface area contributed by atoms with E-state index in [-0.39, 0.29) is 10.9 Å². The molecule has 1 N–H and O–H groups in total. The second-order valence-corrected chi connectivity index (χ2v) is 6.60. The molecule has 0 aliphatic rings. The zero-order chi connectivity index (χ0) is 13.8. The lowest BCUT2D eigenvalue weighted by atomic mass is 10.0. The molecule has 0 amide bonds. The van der Waals surface area contributed by atoms with Crippen LogP contribution in [-0.2, 0) is 9.84 Å². The first-order valence-corrected chi connectivity index (χ1v) is 8.24. The maximum absolute atomic E-state index is 11.5. The van der Waals surface area contributed by atoms with Gasteiger partial charge >= 0.3 is 0 Å². The van der Waals surface area contributed by atoms with Crippen LogP contribution in [0, 0.1) is 0 Å². The summed E-state index contributed by atoms with van der Waals surface area (Å²) in [6.45, 7) is 4.23. The van der Waals surface area contributed by atoms with Gasteiger partial charge in [0.25, 0.3) is 0 Å². The molecule has 1 heterocycles. The van der Waals surface area contributed by atoms with Gasteiger partial charge in [-0.1, -0.05) is 20.3 Å². The molecule has 0 aliphatic heterocycles. The van der Waals surface area contributed by atoms with E-state index in [1.54, 1.807) is 10.9 Å². The smallest absolute Gasteiger partial charge is 0.178 e. The number of nitrogens with one attached hydrogen (secondary N) is 1. The molecule has 1 aromatic heterocycles. The molecule has 5 nitrogen and oxygen atoms in total. The van der Waals surface area contributed by atoms with E-state index in [0.29, 0.717) is 6.04 Å². The van der Waals surface area contributed by atoms with E-state index < -0.39 is 9.84 Å². The van der Waals surface area contributed by atoms with E-state index in [4.69, 9.17) is 0 Å². The Balaban J connectivity index is 2.98. The first-order chi connectivity index (χ1) is 8.43. The maximum atomic E-state index is 11.5. The Bertz CT molecular complexity index is 467. The highest BCUT2D eigenvalue weighted by atomic mass is 32.2. The van der Waals surface area contributed by atoms with Gasteiger partial charge in [-0.15, -0.1) is 0 Å². The summed E-state index contributed by atoms with van der Waals surface area (Å²) in [7, 11) is -1.24. The monoisotopic (exact) mass is 273 g/mol. The Morgan fingerprint density at radius 3 is 2.50 bits per heavy atom. The van der Waals surface area contributed by atoms with Gasteiger partial charge in [-0.25, -0.2) is 8.42 Å². The lowest BCUT2D eigenvalue weighted by Gasteiger charge is -2.26. The van der Waals surface area contributed by atoms with E-state index in [1.807, 2.05) is 7.05 Å². The topological polar surface area (TPSA) is 64.0 Å². The average molecular weight is 273 g/mol. The first-order valence-electron chi connectivity index (χ1n) is 6.35. The lowest BCUT2D eigenvalue weighted by molar-refractivity contribution is 0.314.